The second kappa shape index (κ2) is 9.38. The highest BCUT2D eigenvalue weighted by Gasteiger charge is 2.26. The standard InChI is InChI=1S/C27H22N2O4S/c1-19-26(28-2)23(27(29(19)18-25(30)31)20-11-5-3-6-12-20)17-21-13-9-10-16-24(21)34(32,33)22-14-7-4-8-15-22/h3-16H,17-18H2,1H3,(H,30,31). The zero-order valence-corrected chi connectivity index (χ0v) is 19.3. The van der Waals surface area contributed by atoms with Crippen molar-refractivity contribution in [3.63, 3.8) is 0 Å². The van der Waals surface area contributed by atoms with Gasteiger partial charge in [0.25, 0.3) is 0 Å². The van der Waals surface area contributed by atoms with E-state index in [2.05, 4.69) is 4.85 Å². The lowest BCUT2D eigenvalue weighted by molar-refractivity contribution is -0.137. The van der Waals surface area contributed by atoms with Crippen molar-refractivity contribution in [2.24, 2.45) is 0 Å². The maximum atomic E-state index is 13.4. The van der Waals surface area contributed by atoms with Gasteiger partial charge in [-0.2, -0.15) is 0 Å². The Labute approximate surface area is 198 Å². The summed E-state index contributed by atoms with van der Waals surface area (Å²) in [6.45, 7) is 9.22. The number of carbonyl (C=O) groups is 1. The van der Waals surface area contributed by atoms with Crippen molar-refractivity contribution in [2.75, 3.05) is 0 Å². The fourth-order valence-corrected chi connectivity index (χ4v) is 5.71. The average Bonchev–Trinajstić information content (AvgIpc) is 3.10. The maximum absolute atomic E-state index is 13.4. The van der Waals surface area contributed by atoms with Gasteiger partial charge in [-0.25, -0.2) is 13.3 Å². The van der Waals surface area contributed by atoms with Gasteiger partial charge in [0.2, 0.25) is 15.5 Å². The first-order chi connectivity index (χ1) is 16.3. The zero-order valence-electron chi connectivity index (χ0n) is 18.5. The number of aliphatic carboxylic acids is 1. The quantitative estimate of drug-likeness (QED) is 0.361. The van der Waals surface area contributed by atoms with Gasteiger partial charge in [0, 0.05) is 11.4 Å². The Balaban J connectivity index is 1.93. The molecule has 0 amide bonds. The lowest BCUT2D eigenvalue weighted by Gasteiger charge is -2.14. The molecule has 0 spiro atoms. The summed E-state index contributed by atoms with van der Waals surface area (Å²) >= 11 is 0. The van der Waals surface area contributed by atoms with Crippen LogP contribution in [0.2, 0.25) is 0 Å². The second-order valence-corrected chi connectivity index (χ2v) is 9.74. The van der Waals surface area contributed by atoms with Gasteiger partial charge in [-0.3, -0.25) is 4.79 Å². The Kier molecular flexibility index (Phi) is 6.35. The Hall–Kier alpha value is -4.15. The molecule has 0 saturated heterocycles. The zero-order chi connectivity index (χ0) is 24.3. The van der Waals surface area contributed by atoms with Crippen molar-refractivity contribution >= 4 is 21.5 Å². The molecule has 0 unspecified atom stereocenters. The van der Waals surface area contributed by atoms with Crippen LogP contribution in [0.1, 0.15) is 16.8 Å². The molecule has 0 aliphatic carbocycles. The van der Waals surface area contributed by atoms with E-state index in [0.717, 1.165) is 5.56 Å². The first kappa shape index (κ1) is 23.0. The van der Waals surface area contributed by atoms with Gasteiger partial charge in [-0.15, -0.1) is 0 Å². The highest BCUT2D eigenvalue weighted by atomic mass is 32.2. The fraction of sp³-hybridized carbons (Fsp3) is 0.111. The monoisotopic (exact) mass is 470 g/mol. The first-order valence-corrected chi connectivity index (χ1v) is 12.1. The van der Waals surface area contributed by atoms with Crippen LogP contribution in [0, 0.1) is 13.5 Å². The molecule has 0 aliphatic rings. The summed E-state index contributed by atoms with van der Waals surface area (Å²) in [5.74, 6) is -1.02. The predicted octanol–water partition coefficient (Wildman–Crippen LogP) is 5.52. The molecular weight excluding hydrogens is 448 g/mol. The van der Waals surface area contributed by atoms with E-state index in [4.69, 9.17) is 6.57 Å². The van der Waals surface area contributed by atoms with Gasteiger partial charge in [0.05, 0.1) is 16.4 Å². The molecule has 4 rings (SSSR count). The van der Waals surface area contributed by atoms with Gasteiger partial charge in [0.15, 0.2) is 0 Å². The molecule has 0 saturated carbocycles. The van der Waals surface area contributed by atoms with E-state index in [1.54, 1.807) is 66.1 Å². The molecule has 34 heavy (non-hydrogen) atoms. The molecule has 0 atom stereocenters. The van der Waals surface area contributed by atoms with E-state index in [9.17, 15) is 18.3 Å². The number of carboxylic acid groups (broad SMARTS) is 1. The molecule has 170 valence electrons. The number of sulfone groups is 1. The number of benzene rings is 3. The Morgan fingerprint density at radius 3 is 2.15 bits per heavy atom. The molecule has 7 heteroatoms. The molecule has 1 N–H and O–H groups in total. The van der Waals surface area contributed by atoms with Crippen LogP contribution in [0.3, 0.4) is 0 Å². The molecule has 1 heterocycles. The predicted molar refractivity (Wildman–Crippen MR) is 130 cm³/mol. The van der Waals surface area contributed by atoms with Crippen LogP contribution in [-0.4, -0.2) is 24.1 Å². The lowest BCUT2D eigenvalue weighted by Crippen LogP contribution is -2.12. The fourth-order valence-electron chi connectivity index (χ4n) is 4.19. The molecular formula is C27H22N2O4S. The number of carboxylic acids is 1. The molecule has 0 aliphatic heterocycles. The summed E-state index contributed by atoms with van der Waals surface area (Å²) < 4.78 is 28.5. The Bertz CT molecular complexity index is 1500. The van der Waals surface area contributed by atoms with Crippen LogP contribution in [-0.2, 0) is 27.6 Å². The van der Waals surface area contributed by atoms with E-state index in [-0.39, 0.29) is 22.8 Å². The SMILES string of the molecule is [C-]#[N+]c1c(Cc2ccccc2S(=O)(=O)c2ccccc2)c(-c2ccccc2)n(CC(=O)O)c1C. The van der Waals surface area contributed by atoms with Crippen LogP contribution in [0.4, 0.5) is 5.69 Å². The second-order valence-electron chi connectivity index (χ2n) is 7.82. The van der Waals surface area contributed by atoms with Crippen LogP contribution in [0.5, 0.6) is 0 Å². The number of nitrogens with zero attached hydrogens (tertiary/aromatic N) is 2. The van der Waals surface area contributed by atoms with Crippen LogP contribution in [0.25, 0.3) is 16.1 Å². The third-order valence-corrected chi connectivity index (χ3v) is 7.59. The van der Waals surface area contributed by atoms with Gasteiger partial charge >= 0.3 is 5.97 Å². The molecule has 3 aromatic carbocycles. The van der Waals surface area contributed by atoms with Gasteiger partial charge in [0.1, 0.15) is 6.54 Å². The lowest BCUT2D eigenvalue weighted by atomic mass is 10.00. The average molecular weight is 471 g/mol. The molecule has 4 aromatic rings. The molecule has 0 bridgehead atoms. The number of hydrogen-bond acceptors (Lipinski definition) is 3. The molecule has 1 aromatic heterocycles. The van der Waals surface area contributed by atoms with Crippen molar-refractivity contribution in [3.8, 4) is 11.3 Å². The Morgan fingerprint density at radius 2 is 1.53 bits per heavy atom. The maximum Gasteiger partial charge on any atom is 0.323 e. The minimum Gasteiger partial charge on any atom is -0.480 e. The normalized spacial score (nSPS) is 11.2. The van der Waals surface area contributed by atoms with Crippen molar-refractivity contribution in [1.82, 2.24) is 4.57 Å². The minimum atomic E-state index is -3.79. The van der Waals surface area contributed by atoms with Gasteiger partial charge in [-0.1, -0.05) is 66.7 Å². The highest BCUT2D eigenvalue weighted by Crippen LogP contribution is 2.40. The van der Waals surface area contributed by atoms with E-state index in [1.165, 1.54) is 0 Å². The topological polar surface area (TPSA) is 80.7 Å². The van der Waals surface area contributed by atoms with Gasteiger partial charge in [-0.05, 0) is 48.2 Å². The summed E-state index contributed by atoms with van der Waals surface area (Å²) in [5.41, 5.74) is 3.40. The molecule has 6 nitrogen and oxygen atoms in total. The number of rotatable bonds is 7. The van der Waals surface area contributed by atoms with E-state index >= 15 is 0 Å². The van der Waals surface area contributed by atoms with Crippen LogP contribution in [0.15, 0.2) is 94.7 Å². The van der Waals surface area contributed by atoms with Crippen LogP contribution >= 0.6 is 0 Å². The number of hydrogen-bond donors (Lipinski definition) is 1. The Morgan fingerprint density at radius 1 is 0.941 bits per heavy atom. The van der Waals surface area contributed by atoms with Crippen molar-refractivity contribution in [1.29, 1.82) is 0 Å². The summed E-state index contributed by atoms with van der Waals surface area (Å²) in [5, 5.41) is 9.52. The summed E-state index contributed by atoms with van der Waals surface area (Å²) in [6, 6.07) is 24.2. The van der Waals surface area contributed by atoms with Crippen molar-refractivity contribution < 1.29 is 18.3 Å². The first-order valence-electron chi connectivity index (χ1n) is 10.6. The summed E-state index contributed by atoms with van der Waals surface area (Å²) in [4.78, 5) is 15.7. The largest absolute Gasteiger partial charge is 0.480 e. The van der Waals surface area contributed by atoms with Crippen molar-refractivity contribution in [3.05, 3.63) is 113 Å². The summed E-state index contributed by atoms with van der Waals surface area (Å²) in [7, 11) is -3.79. The van der Waals surface area contributed by atoms with E-state index in [1.807, 2.05) is 30.3 Å². The van der Waals surface area contributed by atoms with Crippen LogP contribution < -0.4 is 0 Å². The summed E-state index contributed by atoms with van der Waals surface area (Å²) in [6.07, 6.45) is 0.164. The van der Waals surface area contributed by atoms with E-state index < -0.39 is 15.8 Å². The molecule has 0 fully saturated rings. The van der Waals surface area contributed by atoms with E-state index in [0.29, 0.717) is 28.2 Å². The smallest absolute Gasteiger partial charge is 0.323 e. The molecule has 0 radical (unpaired) electrons. The number of aromatic nitrogens is 1. The highest BCUT2D eigenvalue weighted by molar-refractivity contribution is 7.91. The van der Waals surface area contributed by atoms with Gasteiger partial charge < -0.3 is 9.67 Å². The third-order valence-electron chi connectivity index (χ3n) is 5.72. The van der Waals surface area contributed by atoms with Crippen molar-refractivity contribution in [2.45, 2.75) is 29.7 Å². The minimum absolute atomic E-state index is 0.164. The third kappa shape index (κ3) is 4.24.